The van der Waals surface area contributed by atoms with Gasteiger partial charge >= 0.3 is 0 Å². The SMILES string of the molecule is CC=Cc1ccc(C2CCC(c3ccc(-c4ccc(OCC)c(F)c4F)c(F)c3F)OC2)cc1F. The van der Waals surface area contributed by atoms with E-state index >= 15 is 4.39 Å². The van der Waals surface area contributed by atoms with Gasteiger partial charge in [-0.1, -0.05) is 36.4 Å². The zero-order valence-electron chi connectivity index (χ0n) is 19.4. The van der Waals surface area contributed by atoms with Gasteiger partial charge in [0.05, 0.1) is 19.3 Å². The maximum Gasteiger partial charge on any atom is 0.201 e. The summed E-state index contributed by atoms with van der Waals surface area (Å²) in [5.41, 5.74) is 0.487. The molecule has 1 fully saturated rings. The van der Waals surface area contributed by atoms with Crippen LogP contribution in [0.25, 0.3) is 17.2 Å². The topological polar surface area (TPSA) is 18.5 Å². The Bertz CT molecular complexity index is 1250. The Morgan fingerprint density at radius 2 is 1.60 bits per heavy atom. The number of halogens is 5. The number of rotatable bonds is 6. The summed E-state index contributed by atoms with van der Waals surface area (Å²) < 4.78 is 83.8. The summed E-state index contributed by atoms with van der Waals surface area (Å²) in [6.07, 6.45) is 3.72. The lowest BCUT2D eigenvalue weighted by Crippen LogP contribution is -2.20. The Morgan fingerprint density at radius 3 is 2.23 bits per heavy atom. The number of hydrogen-bond acceptors (Lipinski definition) is 2. The molecule has 0 aromatic heterocycles. The molecule has 3 aromatic rings. The van der Waals surface area contributed by atoms with E-state index in [0.717, 1.165) is 11.6 Å². The number of allylic oxidation sites excluding steroid dienone is 1. The van der Waals surface area contributed by atoms with Crippen LogP contribution in [-0.2, 0) is 4.74 Å². The van der Waals surface area contributed by atoms with Gasteiger partial charge in [0.15, 0.2) is 23.2 Å². The smallest absolute Gasteiger partial charge is 0.201 e. The van der Waals surface area contributed by atoms with E-state index in [-0.39, 0.29) is 36.3 Å². The first kappa shape index (κ1) is 24.9. The van der Waals surface area contributed by atoms with Crippen LogP contribution in [0.5, 0.6) is 5.75 Å². The van der Waals surface area contributed by atoms with E-state index in [4.69, 9.17) is 9.47 Å². The van der Waals surface area contributed by atoms with Gasteiger partial charge in [0, 0.05) is 28.2 Å². The first-order valence-electron chi connectivity index (χ1n) is 11.5. The maximum absolute atomic E-state index is 15.0. The molecule has 0 bridgehead atoms. The molecule has 2 nitrogen and oxygen atoms in total. The average Bonchev–Trinajstić information content (AvgIpc) is 2.86. The van der Waals surface area contributed by atoms with Gasteiger partial charge in [-0.3, -0.25) is 0 Å². The summed E-state index contributed by atoms with van der Waals surface area (Å²) in [5, 5.41) is 0. The third kappa shape index (κ3) is 4.96. The number of ether oxygens (including phenoxy) is 2. The van der Waals surface area contributed by atoms with Gasteiger partial charge in [-0.2, -0.15) is 4.39 Å². The largest absolute Gasteiger partial charge is 0.491 e. The molecule has 184 valence electrons. The minimum absolute atomic E-state index is 0.00567. The van der Waals surface area contributed by atoms with Crippen molar-refractivity contribution >= 4 is 6.08 Å². The van der Waals surface area contributed by atoms with Crippen molar-refractivity contribution in [1.82, 2.24) is 0 Å². The van der Waals surface area contributed by atoms with Gasteiger partial charge in [-0.25, -0.2) is 17.6 Å². The monoisotopic (exact) mass is 488 g/mol. The van der Waals surface area contributed by atoms with Crippen LogP contribution in [0.2, 0.25) is 0 Å². The predicted molar refractivity (Wildman–Crippen MR) is 125 cm³/mol. The van der Waals surface area contributed by atoms with E-state index in [1.54, 1.807) is 25.1 Å². The van der Waals surface area contributed by atoms with E-state index in [2.05, 4.69) is 0 Å². The number of hydrogen-bond donors (Lipinski definition) is 0. The zero-order valence-corrected chi connectivity index (χ0v) is 19.4. The Kier molecular flexibility index (Phi) is 7.55. The van der Waals surface area contributed by atoms with Crippen LogP contribution in [0.1, 0.15) is 55.4 Å². The van der Waals surface area contributed by atoms with Gasteiger partial charge in [0.2, 0.25) is 5.82 Å². The zero-order chi connectivity index (χ0) is 25.1. The van der Waals surface area contributed by atoms with E-state index in [0.29, 0.717) is 18.4 Å². The van der Waals surface area contributed by atoms with Crippen LogP contribution in [0, 0.1) is 29.1 Å². The van der Waals surface area contributed by atoms with Crippen LogP contribution in [-0.4, -0.2) is 13.2 Å². The fourth-order valence-corrected chi connectivity index (χ4v) is 4.40. The fourth-order valence-electron chi connectivity index (χ4n) is 4.40. The third-order valence-corrected chi connectivity index (χ3v) is 6.21. The van der Waals surface area contributed by atoms with Crippen LogP contribution in [0.4, 0.5) is 22.0 Å². The normalized spacial score (nSPS) is 18.3. The second kappa shape index (κ2) is 10.6. The third-order valence-electron chi connectivity index (χ3n) is 6.21. The molecule has 7 heteroatoms. The Labute approximate surface area is 201 Å². The van der Waals surface area contributed by atoms with E-state index in [1.807, 2.05) is 13.0 Å². The van der Waals surface area contributed by atoms with Crippen LogP contribution in [0.15, 0.2) is 48.5 Å². The first-order chi connectivity index (χ1) is 16.8. The molecule has 0 saturated carbocycles. The van der Waals surface area contributed by atoms with E-state index < -0.39 is 40.5 Å². The summed E-state index contributed by atoms with van der Waals surface area (Å²) in [6.45, 7) is 3.78. The minimum atomic E-state index is -1.31. The van der Waals surface area contributed by atoms with Gasteiger partial charge in [-0.15, -0.1) is 0 Å². The summed E-state index contributed by atoms with van der Waals surface area (Å²) in [6, 6.07) is 9.90. The molecule has 0 spiro atoms. The van der Waals surface area contributed by atoms with Gasteiger partial charge in [-0.05, 0) is 50.5 Å². The second-order valence-corrected chi connectivity index (χ2v) is 8.38. The van der Waals surface area contributed by atoms with Crippen molar-refractivity contribution in [1.29, 1.82) is 0 Å². The van der Waals surface area contributed by atoms with Crippen molar-refractivity contribution < 1.29 is 31.4 Å². The highest BCUT2D eigenvalue weighted by Gasteiger charge is 2.29. The van der Waals surface area contributed by atoms with Crippen molar-refractivity contribution in [2.75, 3.05) is 13.2 Å². The maximum atomic E-state index is 15.0. The molecular weight excluding hydrogens is 463 g/mol. The van der Waals surface area contributed by atoms with E-state index in [9.17, 15) is 17.6 Å². The van der Waals surface area contributed by atoms with Crippen molar-refractivity contribution in [3.05, 3.63) is 94.3 Å². The van der Waals surface area contributed by atoms with Crippen LogP contribution < -0.4 is 4.74 Å². The molecule has 3 aromatic carbocycles. The van der Waals surface area contributed by atoms with Crippen LogP contribution >= 0.6 is 0 Å². The molecule has 2 atom stereocenters. The van der Waals surface area contributed by atoms with Gasteiger partial charge in [0.25, 0.3) is 0 Å². The van der Waals surface area contributed by atoms with Crippen molar-refractivity contribution in [2.24, 2.45) is 0 Å². The Balaban J connectivity index is 1.52. The lowest BCUT2D eigenvalue weighted by molar-refractivity contribution is 0.0000539. The van der Waals surface area contributed by atoms with Crippen molar-refractivity contribution in [3.8, 4) is 16.9 Å². The Hall–Kier alpha value is -3.19. The molecule has 35 heavy (non-hydrogen) atoms. The van der Waals surface area contributed by atoms with Crippen LogP contribution in [0.3, 0.4) is 0 Å². The fraction of sp³-hybridized carbons (Fsp3) is 0.286. The molecule has 2 unspecified atom stereocenters. The molecule has 0 amide bonds. The highest BCUT2D eigenvalue weighted by Crippen LogP contribution is 2.39. The lowest BCUT2D eigenvalue weighted by atomic mass is 9.88. The summed E-state index contributed by atoms with van der Waals surface area (Å²) in [7, 11) is 0. The summed E-state index contributed by atoms with van der Waals surface area (Å²) >= 11 is 0. The molecule has 1 aliphatic rings. The standard InChI is InChI=1S/C28H25F5O2/c1-3-5-16-6-7-17(14-22(16)29)18-8-12-23(35-15-18)21-10-9-19(25(30)27(21)32)20-11-13-24(34-4-2)28(33)26(20)31/h3,5-7,9-11,13-14,18,23H,4,8,12,15H2,1-2H3. The quantitative estimate of drug-likeness (QED) is 0.326. The Morgan fingerprint density at radius 1 is 0.886 bits per heavy atom. The number of benzene rings is 3. The summed E-state index contributed by atoms with van der Waals surface area (Å²) in [5.74, 6) is -5.72. The van der Waals surface area contributed by atoms with Crippen molar-refractivity contribution in [2.45, 2.75) is 38.7 Å². The van der Waals surface area contributed by atoms with Gasteiger partial charge < -0.3 is 9.47 Å². The molecule has 4 rings (SSSR count). The molecule has 0 radical (unpaired) electrons. The minimum Gasteiger partial charge on any atom is -0.491 e. The molecule has 0 N–H and O–H groups in total. The van der Waals surface area contributed by atoms with Gasteiger partial charge in [0.1, 0.15) is 5.82 Å². The highest BCUT2D eigenvalue weighted by atomic mass is 19.2. The molecule has 0 aliphatic carbocycles. The van der Waals surface area contributed by atoms with E-state index in [1.165, 1.54) is 24.3 Å². The molecular formula is C28H25F5O2. The summed E-state index contributed by atoms with van der Waals surface area (Å²) in [4.78, 5) is 0. The lowest BCUT2D eigenvalue weighted by Gasteiger charge is -2.30. The second-order valence-electron chi connectivity index (χ2n) is 8.38. The molecule has 1 heterocycles. The molecule has 1 saturated heterocycles. The first-order valence-corrected chi connectivity index (χ1v) is 11.5. The molecule has 1 aliphatic heterocycles. The highest BCUT2D eigenvalue weighted by molar-refractivity contribution is 5.66. The average molecular weight is 488 g/mol. The van der Waals surface area contributed by atoms with Crippen molar-refractivity contribution in [3.63, 3.8) is 0 Å². The predicted octanol–water partition coefficient (Wildman–Crippen LogP) is 8.12.